The number of aromatic nitrogens is 1. The van der Waals surface area contributed by atoms with Gasteiger partial charge in [-0.25, -0.2) is 4.98 Å². The Morgan fingerprint density at radius 2 is 2.30 bits per heavy atom. The normalized spacial score (nSPS) is 10.3. The quantitative estimate of drug-likeness (QED) is 0.619. The second kappa shape index (κ2) is 3.06. The zero-order valence-electron chi connectivity index (χ0n) is 6.15. The maximum absolute atomic E-state index is 5.57. The van der Waals surface area contributed by atoms with Crippen LogP contribution in [0.3, 0.4) is 0 Å². The molecule has 10 heavy (non-hydrogen) atoms. The highest BCUT2D eigenvalue weighted by molar-refractivity contribution is 6.16. The zero-order chi connectivity index (χ0) is 7.56. The van der Waals surface area contributed by atoms with Crippen LogP contribution in [0, 0.1) is 6.92 Å². The summed E-state index contributed by atoms with van der Waals surface area (Å²) < 4.78 is 5.27. The Morgan fingerprint density at radius 3 is 2.60 bits per heavy atom. The van der Waals surface area contributed by atoms with E-state index in [-0.39, 0.29) is 0 Å². The molecule has 0 aromatic carbocycles. The third-order valence-corrected chi connectivity index (χ3v) is 1.60. The van der Waals surface area contributed by atoms with Crippen LogP contribution in [0.5, 0.6) is 0 Å². The van der Waals surface area contributed by atoms with E-state index in [0.29, 0.717) is 5.88 Å². The maximum Gasteiger partial charge on any atom is 0.194 e. The van der Waals surface area contributed by atoms with Gasteiger partial charge in [0.25, 0.3) is 0 Å². The Labute approximate surface area is 65.2 Å². The van der Waals surface area contributed by atoms with Crippen molar-refractivity contribution in [2.75, 3.05) is 0 Å². The lowest BCUT2D eigenvalue weighted by Crippen LogP contribution is -1.78. The molecule has 0 N–H and O–H groups in total. The van der Waals surface area contributed by atoms with Crippen molar-refractivity contribution in [2.24, 2.45) is 0 Å². The van der Waals surface area contributed by atoms with Gasteiger partial charge in [-0.2, -0.15) is 0 Å². The Kier molecular flexibility index (Phi) is 2.33. The van der Waals surface area contributed by atoms with Gasteiger partial charge in [0.2, 0.25) is 0 Å². The summed E-state index contributed by atoms with van der Waals surface area (Å²) in [5.41, 5.74) is 0.909. The molecule has 1 heterocycles. The summed E-state index contributed by atoms with van der Waals surface area (Å²) in [6.45, 7) is 3.91. The predicted octanol–water partition coefficient (Wildman–Crippen LogP) is 2.28. The maximum atomic E-state index is 5.57. The molecule has 0 bridgehead atoms. The molecule has 1 rings (SSSR count). The van der Waals surface area contributed by atoms with Gasteiger partial charge in [0.1, 0.15) is 5.76 Å². The van der Waals surface area contributed by atoms with E-state index in [9.17, 15) is 0 Å². The van der Waals surface area contributed by atoms with Crippen molar-refractivity contribution in [3.63, 3.8) is 0 Å². The second-order valence-corrected chi connectivity index (χ2v) is 2.37. The minimum absolute atomic E-state index is 0.416. The highest BCUT2D eigenvalue weighted by Crippen LogP contribution is 2.12. The molecule has 0 spiro atoms. The predicted molar refractivity (Wildman–Crippen MR) is 40.2 cm³/mol. The number of hydrogen-bond donors (Lipinski definition) is 0. The summed E-state index contributed by atoms with van der Waals surface area (Å²) in [4.78, 5) is 4.15. The van der Waals surface area contributed by atoms with Crippen LogP contribution in [-0.4, -0.2) is 4.98 Å². The lowest BCUT2D eigenvalue weighted by Gasteiger charge is -1.84. The number of hydrogen-bond acceptors (Lipinski definition) is 2. The van der Waals surface area contributed by atoms with Crippen LogP contribution in [0.4, 0.5) is 0 Å². The highest BCUT2D eigenvalue weighted by Gasteiger charge is 2.05. The molecule has 0 aliphatic rings. The summed E-state index contributed by atoms with van der Waals surface area (Å²) in [7, 11) is 0. The Bertz CT molecular complexity index is 219. The van der Waals surface area contributed by atoms with E-state index in [1.807, 2.05) is 13.8 Å². The first-order valence-corrected chi connectivity index (χ1v) is 3.82. The fourth-order valence-electron chi connectivity index (χ4n) is 0.763. The van der Waals surface area contributed by atoms with E-state index in [1.165, 1.54) is 0 Å². The molecule has 0 unspecified atom stereocenters. The molecule has 0 saturated heterocycles. The van der Waals surface area contributed by atoms with Crippen molar-refractivity contribution in [2.45, 2.75) is 26.1 Å². The first-order valence-electron chi connectivity index (χ1n) is 3.29. The molecular formula is C7H10ClNO. The topological polar surface area (TPSA) is 26.0 Å². The van der Waals surface area contributed by atoms with Crippen LogP contribution in [0.25, 0.3) is 0 Å². The molecule has 0 aliphatic heterocycles. The number of halogens is 1. The number of aryl methyl sites for hydroxylation is 2. The van der Waals surface area contributed by atoms with E-state index in [2.05, 4.69) is 4.98 Å². The van der Waals surface area contributed by atoms with Gasteiger partial charge in [0.05, 0.1) is 11.6 Å². The van der Waals surface area contributed by atoms with Crippen molar-refractivity contribution < 1.29 is 4.42 Å². The molecule has 3 heteroatoms. The van der Waals surface area contributed by atoms with Crippen LogP contribution in [0.1, 0.15) is 24.3 Å². The van der Waals surface area contributed by atoms with E-state index < -0.39 is 0 Å². The van der Waals surface area contributed by atoms with Crippen molar-refractivity contribution in [1.29, 1.82) is 0 Å². The van der Waals surface area contributed by atoms with Gasteiger partial charge in [-0.1, -0.05) is 6.92 Å². The average molecular weight is 160 g/mol. The van der Waals surface area contributed by atoms with Gasteiger partial charge in [-0.3, -0.25) is 0 Å². The van der Waals surface area contributed by atoms with Gasteiger partial charge in [-0.15, -0.1) is 11.6 Å². The molecule has 56 valence electrons. The summed E-state index contributed by atoms with van der Waals surface area (Å²) >= 11 is 5.57. The lowest BCUT2D eigenvalue weighted by atomic mass is 10.4. The SMILES string of the molecule is CCc1nc(C)c(CCl)o1. The number of rotatable bonds is 2. The molecule has 0 aliphatic carbocycles. The molecular weight excluding hydrogens is 150 g/mol. The monoisotopic (exact) mass is 159 g/mol. The zero-order valence-corrected chi connectivity index (χ0v) is 6.90. The minimum Gasteiger partial charge on any atom is -0.444 e. The number of oxazole rings is 1. The number of alkyl halides is 1. The van der Waals surface area contributed by atoms with Gasteiger partial charge in [-0.05, 0) is 6.92 Å². The Morgan fingerprint density at radius 1 is 1.60 bits per heavy atom. The van der Waals surface area contributed by atoms with Crippen molar-refractivity contribution in [1.82, 2.24) is 4.98 Å². The first kappa shape index (κ1) is 7.61. The molecule has 1 aromatic heterocycles. The highest BCUT2D eigenvalue weighted by atomic mass is 35.5. The smallest absolute Gasteiger partial charge is 0.194 e. The summed E-state index contributed by atoms with van der Waals surface area (Å²) in [6, 6.07) is 0. The summed E-state index contributed by atoms with van der Waals surface area (Å²) in [5.74, 6) is 1.98. The molecule has 0 saturated carbocycles. The Hall–Kier alpha value is -0.500. The summed E-state index contributed by atoms with van der Waals surface area (Å²) in [5, 5.41) is 0. The second-order valence-electron chi connectivity index (χ2n) is 2.10. The van der Waals surface area contributed by atoms with E-state index in [4.69, 9.17) is 16.0 Å². The minimum atomic E-state index is 0.416. The van der Waals surface area contributed by atoms with Crippen LogP contribution in [-0.2, 0) is 12.3 Å². The fraction of sp³-hybridized carbons (Fsp3) is 0.571. The summed E-state index contributed by atoms with van der Waals surface area (Å²) in [6.07, 6.45) is 0.831. The molecule has 0 atom stereocenters. The lowest BCUT2D eigenvalue weighted by molar-refractivity contribution is 0.472. The van der Waals surface area contributed by atoms with Crippen LogP contribution >= 0.6 is 11.6 Å². The average Bonchev–Trinajstić information content (AvgIpc) is 2.30. The Balaban J connectivity index is 2.92. The molecule has 1 aromatic rings. The van der Waals surface area contributed by atoms with Crippen molar-refractivity contribution in [3.8, 4) is 0 Å². The van der Waals surface area contributed by atoms with Crippen molar-refractivity contribution in [3.05, 3.63) is 17.3 Å². The molecule has 0 radical (unpaired) electrons. The largest absolute Gasteiger partial charge is 0.444 e. The first-order chi connectivity index (χ1) is 4.77. The van der Waals surface area contributed by atoms with Gasteiger partial charge in [0, 0.05) is 6.42 Å². The third-order valence-electron chi connectivity index (χ3n) is 1.36. The van der Waals surface area contributed by atoms with Crippen molar-refractivity contribution >= 4 is 11.6 Å². The van der Waals surface area contributed by atoms with Gasteiger partial charge < -0.3 is 4.42 Å². The van der Waals surface area contributed by atoms with E-state index in [1.54, 1.807) is 0 Å². The fourth-order valence-corrected chi connectivity index (χ4v) is 1.01. The van der Waals surface area contributed by atoms with Crippen LogP contribution in [0.15, 0.2) is 4.42 Å². The van der Waals surface area contributed by atoms with Crippen LogP contribution < -0.4 is 0 Å². The molecule has 0 fully saturated rings. The van der Waals surface area contributed by atoms with Gasteiger partial charge >= 0.3 is 0 Å². The van der Waals surface area contributed by atoms with E-state index in [0.717, 1.165) is 23.8 Å². The van der Waals surface area contributed by atoms with E-state index >= 15 is 0 Å². The van der Waals surface area contributed by atoms with Crippen LogP contribution in [0.2, 0.25) is 0 Å². The number of nitrogens with zero attached hydrogens (tertiary/aromatic N) is 1. The molecule has 0 amide bonds. The molecule has 2 nitrogen and oxygen atoms in total. The third kappa shape index (κ3) is 1.32. The standard InChI is InChI=1S/C7H10ClNO/c1-3-7-9-5(2)6(4-8)10-7/h3-4H2,1-2H3. The van der Waals surface area contributed by atoms with Gasteiger partial charge in [0.15, 0.2) is 5.89 Å².